The molecule has 0 atom stereocenters. The molecule has 3 nitrogen and oxygen atoms in total. The van der Waals surface area contributed by atoms with Gasteiger partial charge in [0.1, 0.15) is 17.4 Å². The van der Waals surface area contributed by atoms with E-state index in [1.54, 1.807) is 19.1 Å². The minimum Gasteiger partial charge on any atom is -0.434 e. The van der Waals surface area contributed by atoms with E-state index in [2.05, 4.69) is 0 Å². The van der Waals surface area contributed by atoms with Crippen molar-refractivity contribution in [2.24, 2.45) is 0 Å². The van der Waals surface area contributed by atoms with Crippen molar-refractivity contribution in [3.05, 3.63) is 54.1 Å². The summed E-state index contributed by atoms with van der Waals surface area (Å²) in [7, 11) is 0. The van der Waals surface area contributed by atoms with Gasteiger partial charge in [0.05, 0.1) is 6.61 Å². The Labute approximate surface area is 125 Å². The Morgan fingerprint density at radius 2 is 1.86 bits per heavy atom. The van der Waals surface area contributed by atoms with Crippen LogP contribution in [-0.4, -0.2) is 12.8 Å². The van der Waals surface area contributed by atoms with E-state index >= 15 is 0 Å². The predicted molar refractivity (Wildman–Crippen MR) is 79.0 cm³/mol. The number of carbonyl (C=O) groups excluding carboxylic acids is 1. The van der Waals surface area contributed by atoms with Gasteiger partial charge < -0.3 is 9.47 Å². The Kier molecular flexibility index (Phi) is 3.63. The van der Waals surface area contributed by atoms with Gasteiger partial charge in [0, 0.05) is 16.2 Å². The van der Waals surface area contributed by atoms with Crippen molar-refractivity contribution < 1.29 is 23.0 Å². The van der Waals surface area contributed by atoms with Crippen LogP contribution in [0.15, 0.2) is 42.5 Å². The van der Waals surface area contributed by atoms with Gasteiger partial charge in [0.2, 0.25) is 0 Å². The Balaban J connectivity index is 2.32. The molecule has 0 aromatic heterocycles. The summed E-state index contributed by atoms with van der Waals surface area (Å²) in [5.41, 5.74) is 0. The molecule has 22 heavy (non-hydrogen) atoms. The average molecular weight is 302 g/mol. The van der Waals surface area contributed by atoms with E-state index in [-0.39, 0.29) is 12.4 Å². The highest BCUT2D eigenvalue weighted by Crippen LogP contribution is 2.36. The van der Waals surface area contributed by atoms with E-state index in [4.69, 9.17) is 9.47 Å². The number of ether oxygens (including phenoxy) is 2. The minimum absolute atomic E-state index is 0.0879. The first-order chi connectivity index (χ1) is 10.6. The van der Waals surface area contributed by atoms with Crippen LogP contribution in [0.2, 0.25) is 0 Å². The van der Waals surface area contributed by atoms with Crippen LogP contribution in [0.4, 0.5) is 13.6 Å². The second-order valence-corrected chi connectivity index (χ2v) is 4.69. The Hall–Kier alpha value is -2.69. The lowest BCUT2D eigenvalue weighted by Crippen LogP contribution is -2.10. The molecule has 0 bridgehead atoms. The molecule has 0 amide bonds. The van der Waals surface area contributed by atoms with Crippen LogP contribution in [0, 0.1) is 11.6 Å². The van der Waals surface area contributed by atoms with Crippen molar-refractivity contribution in [1.29, 1.82) is 0 Å². The zero-order valence-corrected chi connectivity index (χ0v) is 11.7. The van der Waals surface area contributed by atoms with Crippen molar-refractivity contribution in [1.82, 2.24) is 0 Å². The van der Waals surface area contributed by atoms with Crippen LogP contribution in [0.25, 0.3) is 21.5 Å². The summed E-state index contributed by atoms with van der Waals surface area (Å²) < 4.78 is 37.5. The first-order valence-corrected chi connectivity index (χ1v) is 6.75. The van der Waals surface area contributed by atoms with Gasteiger partial charge in [0.15, 0.2) is 0 Å². The molecule has 0 spiro atoms. The van der Waals surface area contributed by atoms with Gasteiger partial charge in [-0.3, -0.25) is 0 Å². The van der Waals surface area contributed by atoms with Crippen molar-refractivity contribution in [2.45, 2.75) is 6.92 Å². The highest BCUT2D eigenvalue weighted by molar-refractivity contribution is 6.06. The zero-order chi connectivity index (χ0) is 15.7. The molecule has 0 fully saturated rings. The topological polar surface area (TPSA) is 35.5 Å². The molecule has 0 unspecified atom stereocenters. The highest BCUT2D eigenvalue weighted by Gasteiger charge is 2.16. The minimum atomic E-state index is -0.912. The fourth-order valence-corrected chi connectivity index (χ4v) is 2.37. The van der Waals surface area contributed by atoms with E-state index in [0.717, 1.165) is 0 Å². The van der Waals surface area contributed by atoms with E-state index in [1.165, 1.54) is 30.3 Å². The second-order valence-electron chi connectivity index (χ2n) is 4.69. The molecule has 0 aliphatic rings. The van der Waals surface area contributed by atoms with Crippen LogP contribution < -0.4 is 4.74 Å². The van der Waals surface area contributed by atoms with Gasteiger partial charge in [-0.05, 0) is 36.6 Å². The lowest BCUT2D eigenvalue weighted by atomic mass is 10.0. The first kappa shape index (κ1) is 14.3. The molecule has 0 heterocycles. The number of benzene rings is 3. The molecule has 3 aromatic carbocycles. The Morgan fingerprint density at radius 1 is 1.05 bits per heavy atom. The summed E-state index contributed by atoms with van der Waals surface area (Å²) in [5, 5.41) is 1.62. The molecule has 112 valence electrons. The van der Waals surface area contributed by atoms with Crippen molar-refractivity contribution in [2.75, 3.05) is 6.61 Å². The number of hydrogen-bond acceptors (Lipinski definition) is 3. The molecule has 0 aliphatic carbocycles. The first-order valence-electron chi connectivity index (χ1n) is 6.75. The normalized spacial score (nSPS) is 10.9. The summed E-state index contributed by atoms with van der Waals surface area (Å²) in [6.07, 6.45) is -0.912. The maximum atomic E-state index is 14.0. The van der Waals surface area contributed by atoms with Gasteiger partial charge in [-0.15, -0.1) is 0 Å². The van der Waals surface area contributed by atoms with Crippen LogP contribution in [0.5, 0.6) is 5.75 Å². The Morgan fingerprint density at radius 3 is 2.64 bits per heavy atom. The maximum absolute atomic E-state index is 14.0. The highest BCUT2D eigenvalue weighted by atomic mass is 19.1. The van der Waals surface area contributed by atoms with E-state index in [9.17, 15) is 13.6 Å². The lowest BCUT2D eigenvalue weighted by molar-refractivity contribution is 0.105. The molecule has 5 heteroatoms. The molecule has 0 radical (unpaired) electrons. The molecular weight excluding hydrogens is 290 g/mol. The van der Waals surface area contributed by atoms with E-state index in [0.29, 0.717) is 21.5 Å². The van der Waals surface area contributed by atoms with Gasteiger partial charge in [-0.1, -0.05) is 18.2 Å². The third-order valence-electron chi connectivity index (χ3n) is 3.30. The smallest absolute Gasteiger partial charge is 0.434 e. The van der Waals surface area contributed by atoms with Crippen molar-refractivity contribution >= 4 is 27.7 Å². The third kappa shape index (κ3) is 2.45. The SMILES string of the molecule is CCOC(=O)Oc1c2cc(F)ccc2cc2c(F)cccc12. The number of fused-ring (bicyclic) bond motifs is 2. The van der Waals surface area contributed by atoms with E-state index < -0.39 is 17.8 Å². The molecule has 3 aromatic rings. The van der Waals surface area contributed by atoms with Crippen LogP contribution in [0.3, 0.4) is 0 Å². The van der Waals surface area contributed by atoms with Crippen LogP contribution in [-0.2, 0) is 4.74 Å². The summed E-state index contributed by atoms with van der Waals surface area (Å²) in [4.78, 5) is 11.6. The molecule has 0 N–H and O–H groups in total. The molecule has 0 saturated heterocycles. The predicted octanol–water partition coefficient (Wildman–Crippen LogP) is 4.81. The fraction of sp³-hybridized carbons (Fsp3) is 0.118. The van der Waals surface area contributed by atoms with Gasteiger partial charge >= 0.3 is 6.16 Å². The largest absolute Gasteiger partial charge is 0.513 e. The molecule has 3 rings (SSSR count). The molecule has 0 aliphatic heterocycles. The third-order valence-corrected chi connectivity index (χ3v) is 3.30. The van der Waals surface area contributed by atoms with Gasteiger partial charge in [-0.25, -0.2) is 13.6 Å². The number of rotatable bonds is 2. The number of hydrogen-bond donors (Lipinski definition) is 0. The maximum Gasteiger partial charge on any atom is 0.513 e. The zero-order valence-electron chi connectivity index (χ0n) is 11.7. The quantitative estimate of drug-likeness (QED) is 0.387. The monoisotopic (exact) mass is 302 g/mol. The summed E-state index contributed by atoms with van der Waals surface area (Å²) in [6, 6.07) is 10.0. The van der Waals surface area contributed by atoms with Gasteiger partial charge in [0.25, 0.3) is 0 Å². The average Bonchev–Trinajstić information content (AvgIpc) is 2.49. The van der Waals surface area contributed by atoms with E-state index in [1.807, 2.05) is 0 Å². The molecule has 0 saturated carbocycles. The van der Waals surface area contributed by atoms with Gasteiger partial charge in [-0.2, -0.15) is 0 Å². The number of carbonyl (C=O) groups is 1. The van der Waals surface area contributed by atoms with Crippen LogP contribution in [0.1, 0.15) is 6.92 Å². The Bertz CT molecular complexity index is 871. The van der Waals surface area contributed by atoms with Crippen molar-refractivity contribution in [3.8, 4) is 5.75 Å². The van der Waals surface area contributed by atoms with Crippen LogP contribution >= 0.6 is 0 Å². The second kappa shape index (κ2) is 5.60. The molecular formula is C17H12F2O3. The standard InChI is InChI=1S/C17H12F2O3/c1-2-21-17(20)22-16-12-4-3-5-15(19)14(12)8-10-6-7-11(18)9-13(10)16/h3-9H,2H2,1H3. The summed E-state index contributed by atoms with van der Waals surface area (Å²) in [6.45, 7) is 1.78. The summed E-state index contributed by atoms with van der Waals surface area (Å²) >= 11 is 0. The fourth-order valence-electron chi connectivity index (χ4n) is 2.37. The number of halogens is 2. The van der Waals surface area contributed by atoms with Crippen molar-refractivity contribution in [3.63, 3.8) is 0 Å². The lowest BCUT2D eigenvalue weighted by Gasteiger charge is -2.12. The summed E-state index contributed by atoms with van der Waals surface area (Å²) in [5.74, 6) is -0.834.